The molecule has 0 N–H and O–H groups in total. The Hall–Kier alpha value is -1.44. The minimum Gasteiger partial charge on any atom is -0.253 e. The summed E-state index contributed by atoms with van der Waals surface area (Å²) in [6.45, 7) is 6.35. The first-order chi connectivity index (χ1) is 7.00. The second kappa shape index (κ2) is 3.30. The molecule has 15 heavy (non-hydrogen) atoms. The van der Waals surface area contributed by atoms with Crippen LogP contribution in [0.25, 0.3) is 10.9 Å². The summed E-state index contributed by atoms with van der Waals surface area (Å²) in [5.74, 6) is -0.251. The van der Waals surface area contributed by atoms with Gasteiger partial charge in [-0.05, 0) is 23.1 Å². The van der Waals surface area contributed by atoms with Gasteiger partial charge in [0.05, 0.1) is 0 Å². The average Bonchev–Trinajstić information content (AvgIpc) is 2.16. The summed E-state index contributed by atoms with van der Waals surface area (Å²) >= 11 is 0. The molecule has 0 unspecified atom stereocenters. The zero-order valence-electron chi connectivity index (χ0n) is 9.21. The Morgan fingerprint density at radius 1 is 1.13 bits per heavy atom. The molecule has 1 aromatic carbocycles. The molecule has 0 saturated heterocycles. The van der Waals surface area contributed by atoms with E-state index in [0.29, 0.717) is 5.52 Å². The highest BCUT2D eigenvalue weighted by Crippen LogP contribution is 2.29. The van der Waals surface area contributed by atoms with Gasteiger partial charge in [0.1, 0.15) is 11.3 Å². The summed E-state index contributed by atoms with van der Waals surface area (Å²) in [6.07, 6.45) is 1.67. The highest BCUT2D eigenvalue weighted by Gasteiger charge is 2.17. The molecule has 0 fully saturated rings. The first-order valence-electron chi connectivity index (χ1n) is 5.04. The summed E-state index contributed by atoms with van der Waals surface area (Å²) in [7, 11) is 0. The summed E-state index contributed by atoms with van der Waals surface area (Å²) in [4.78, 5) is 4.08. The van der Waals surface area contributed by atoms with Crippen molar-refractivity contribution < 1.29 is 4.39 Å². The highest BCUT2D eigenvalue weighted by atomic mass is 19.1. The van der Waals surface area contributed by atoms with E-state index in [1.807, 2.05) is 12.1 Å². The second-order valence-corrected chi connectivity index (χ2v) is 4.74. The van der Waals surface area contributed by atoms with E-state index >= 15 is 0 Å². The highest BCUT2D eigenvalue weighted by molar-refractivity contribution is 5.83. The SMILES string of the molecule is CC(C)(C)c1ccnc2c(F)cccc12. The summed E-state index contributed by atoms with van der Waals surface area (Å²) < 4.78 is 13.5. The molecule has 1 heterocycles. The van der Waals surface area contributed by atoms with Gasteiger partial charge in [0.2, 0.25) is 0 Å². The van der Waals surface area contributed by atoms with Crippen LogP contribution in [0.4, 0.5) is 4.39 Å². The van der Waals surface area contributed by atoms with E-state index in [0.717, 1.165) is 10.9 Å². The quantitative estimate of drug-likeness (QED) is 0.636. The first-order valence-corrected chi connectivity index (χ1v) is 5.04. The van der Waals surface area contributed by atoms with Crippen molar-refractivity contribution in [1.82, 2.24) is 4.98 Å². The van der Waals surface area contributed by atoms with Crippen molar-refractivity contribution in [2.75, 3.05) is 0 Å². The molecule has 1 nitrogen and oxygen atoms in total. The number of pyridine rings is 1. The zero-order valence-corrected chi connectivity index (χ0v) is 9.21. The molecule has 0 spiro atoms. The van der Waals surface area contributed by atoms with Gasteiger partial charge >= 0.3 is 0 Å². The Bertz CT molecular complexity index is 497. The third kappa shape index (κ3) is 1.72. The van der Waals surface area contributed by atoms with E-state index in [-0.39, 0.29) is 11.2 Å². The van der Waals surface area contributed by atoms with Crippen LogP contribution in [0.2, 0.25) is 0 Å². The van der Waals surface area contributed by atoms with Gasteiger partial charge in [0.25, 0.3) is 0 Å². The van der Waals surface area contributed by atoms with Crippen LogP contribution in [-0.2, 0) is 5.41 Å². The van der Waals surface area contributed by atoms with Gasteiger partial charge in [-0.1, -0.05) is 32.9 Å². The van der Waals surface area contributed by atoms with Crippen molar-refractivity contribution in [1.29, 1.82) is 0 Å². The standard InChI is InChI=1S/C13H14FN/c1-13(2,3)10-7-8-15-12-9(10)5-4-6-11(12)14/h4-8H,1-3H3. The third-order valence-corrected chi connectivity index (χ3v) is 2.53. The van der Waals surface area contributed by atoms with Gasteiger partial charge in [-0.25, -0.2) is 4.39 Å². The lowest BCUT2D eigenvalue weighted by Crippen LogP contribution is -2.12. The maximum absolute atomic E-state index is 13.5. The molecule has 1 aromatic heterocycles. The summed E-state index contributed by atoms with van der Waals surface area (Å²) in [5.41, 5.74) is 1.60. The molecule has 78 valence electrons. The smallest absolute Gasteiger partial charge is 0.149 e. The van der Waals surface area contributed by atoms with Crippen LogP contribution in [0.1, 0.15) is 26.3 Å². The van der Waals surface area contributed by atoms with Crippen LogP contribution in [-0.4, -0.2) is 4.98 Å². The molecule has 0 atom stereocenters. The molecule has 0 saturated carbocycles. The minimum atomic E-state index is -0.251. The second-order valence-electron chi connectivity index (χ2n) is 4.74. The monoisotopic (exact) mass is 203 g/mol. The Morgan fingerprint density at radius 3 is 2.53 bits per heavy atom. The molecule has 0 bridgehead atoms. The predicted molar refractivity (Wildman–Crippen MR) is 60.4 cm³/mol. The fourth-order valence-corrected chi connectivity index (χ4v) is 1.79. The number of benzene rings is 1. The summed E-state index contributed by atoms with van der Waals surface area (Å²) in [5, 5.41) is 0.907. The third-order valence-electron chi connectivity index (χ3n) is 2.53. The lowest BCUT2D eigenvalue weighted by Gasteiger charge is -2.20. The van der Waals surface area contributed by atoms with Crippen LogP contribution in [0.15, 0.2) is 30.5 Å². The number of nitrogens with zero attached hydrogens (tertiary/aromatic N) is 1. The van der Waals surface area contributed by atoms with Crippen molar-refractivity contribution >= 4 is 10.9 Å². The molecule has 0 aliphatic rings. The van der Waals surface area contributed by atoms with Crippen LogP contribution in [0.3, 0.4) is 0 Å². The lowest BCUT2D eigenvalue weighted by molar-refractivity contribution is 0.594. The fourth-order valence-electron chi connectivity index (χ4n) is 1.79. The molecule has 0 radical (unpaired) electrons. The van der Waals surface area contributed by atoms with Crippen LogP contribution >= 0.6 is 0 Å². The topological polar surface area (TPSA) is 12.9 Å². The number of halogens is 1. The van der Waals surface area contributed by atoms with Crippen molar-refractivity contribution in [3.05, 3.63) is 41.8 Å². The summed E-state index contributed by atoms with van der Waals surface area (Å²) in [6, 6.07) is 7.06. The maximum Gasteiger partial charge on any atom is 0.149 e. The zero-order chi connectivity index (χ0) is 11.1. The first kappa shape index (κ1) is 10.1. The Kier molecular flexibility index (Phi) is 2.22. The van der Waals surface area contributed by atoms with Crippen molar-refractivity contribution in [2.45, 2.75) is 26.2 Å². The van der Waals surface area contributed by atoms with Crippen molar-refractivity contribution in [3.8, 4) is 0 Å². The maximum atomic E-state index is 13.5. The van der Waals surface area contributed by atoms with Gasteiger partial charge in [-0.2, -0.15) is 0 Å². The lowest BCUT2D eigenvalue weighted by atomic mass is 9.85. The van der Waals surface area contributed by atoms with E-state index in [4.69, 9.17) is 0 Å². The predicted octanol–water partition coefficient (Wildman–Crippen LogP) is 3.67. The van der Waals surface area contributed by atoms with E-state index in [1.54, 1.807) is 12.3 Å². The van der Waals surface area contributed by atoms with Crippen LogP contribution in [0.5, 0.6) is 0 Å². The van der Waals surface area contributed by atoms with E-state index in [2.05, 4.69) is 25.8 Å². The van der Waals surface area contributed by atoms with Gasteiger partial charge in [-0.15, -0.1) is 0 Å². The Balaban J connectivity index is 2.83. The fraction of sp³-hybridized carbons (Fsp3) is 0.308. The van der Waals surface area contributed by atoms with Gasteiger partial charge < -0.3 is 0 Å². The minimum absolute atomic E-state index is 0.00891. The van der Waals surface area contributed by atoms with E-state index in [1.165, 1.54) is 6.07 Å². The largest absolute Gasteiger partial charge is 0.253 e. The van der Waals surface area contributed by atoms with E-state index < -0.39 is 0 Å². The van der Waals surface area contributed by atoms with Crippen molar-refractivity contribution in [3.63, 3.8) is 0 Å². The number of para-hydroxylation sites is 1. The molecular formula is C13H14FN. The molecule has 2 rings (SSSR count). The Morgan fingerprint density at radius 2 is 1.87 bits per heavy atom. The average molecular weight is 203 g/mol. The number of hydrogen-bond acceptors (Lipinski definition) is 1. The molecule has 0 aliphatic carbocycles. The Labute approximate surface area is 89.0 Å². The number of hydrogen-bond donors (Lipinski definition) is 0. The number of fused-ring (bicyclic) bond motifs is 1. The molecule has 0 aliphatic heterocycles. The normalized spacial score (nSPS) is 12.0. The van der Waals surface area contributed by atoms with Crippen LogP contribution < -0.4 is 0 Å². The number of aromatic nitrogens is 1. The molecule has 0 amide bonds. The number of rotatable bonds is 0. The van der Waals surface area contributed by atoms with Gasteiger partial charge in [0.15, 0.2) is 0 Å². The van der Waals surface area contributed by atoms with Gasteiger partial charge in [0, 0.05) is 11.6 Å². The van der Waals surface area contributed by atoms with E-state index in [9.17, 15) is 4.39 Å². The molecular weight excluding hydrogens is 189 g/mol. The van der Waals surface area contributed by atoms with Gasteiger partial charge in [-0.3, -0.25) is 4.98 Å². The van der Waals surface area contributed by atoms with Crippen LogP contribution in [0, 0.1) is 5.82 Å². The molecule has 2 heteroatoms. The molecule has 2 aromatic rings. The van der Waals surface area contributed by atoms with Crippen molar-refractivity contribution in [2.24, 2.45) is 0 Å².